The Morgan fingerprint density at radius 2 is 2.12 bits per heavy atom. The zero-order valence-electron chi connectivity index (χ0n) is 13.5. The van der Waals surface area contributed by atoms with Crippen LogP contribution in [0.15, 0.2) is 48.1 Å². The molecule has 0 saturated heterocycles. The Hall–Kier alpha value is -2.51. The van der Waals surface area contributed by atoms with E-state index in [0.29, 0.717) is 11.9 Å². The van der Waals surface area contributed by atoms with E-state index in [-0.39, 0.29) is 16.7 Å². The number of aromatic nitrogens is 1. The Morgan fingerprint density at radius 1 is 1.29 bits per heavy atom. The van der Waals surface area contributed by atoms with Crippen molar-refractivity contribution in [2.24, 2.45) is 0 Å². The molecule has 1 aromatic carbocycles. The highest BCUT2D eigenvalue weighted by Crippen LogP contribution is 2.31. The Morgan fingerprint density at radius 3 is 2.79 bits per heavy atom. The Kier molecular flexibility index (Phi) is 4.73. The van der Waals surface area contributed by atoms with Gasteiger partial charge in [-0.2, -0.15) is 0 Å². The average molecular weight is 342 g/mol. The second-order valence-corrected chi connectivity index (χ2v) is 6.67. The van der Waals surface area contributed by atoms with E-state index < -0.39 is 0 Å². The van der Waals surface area contributed by atoms with Crippen molar-refractivity contribution >= 4 is 33.5 Å². The summed E-state index contributed by atoms with van der Waals surface area (Å²) < 4.78 is 0. The van der Waals surface area contributed by atoms with Crippen molar-refractivity contribution in [3.63, 3.8) is 0 Å². The van der Waals surface area contributed by atoms with Crippen LogP contribution >= 0.6 is 11.3 Å². The third kappa shape index (κ3) is 3.22. The zero-order valence-corrected chi connectivity index (χ0v) is 14.3. The molecular formula is C17H18N4O2S. The summed E-state index contributed by atoms with van der Waals surface area (Å²) >= 11 is 1.72. The van der Waals surface area contributed by atoms with Gasteiger partial charge in [-0.25, -0.2) is 0 Å². The Balaban J connectivity index is 1.90. The fourth-order valence-corrected chi connectivity index (χ4v) is 3.64. The summed E-state index contributed by atoms with van der Waals surface area (Å²) in [6, 6.07) is 9.50. The number of non-ortho nitro benzene ring substituents is 1. The smallest absolute Gasteiger partial charge is 0.278 e. The highest BCUT2D eigenvalue weighted by atomic mass is 32.1. The molecule has 0 bridgehead atoms. The molecule has 0 fully saturated rings. The lowest BCUT2D eigenvalue weighted by Gasteiger charge is -2.24. The van der Waals surface area contributed by atoms with Crippen LogP contribution in [-0.2, 0) is 0 Å². The number of rotatable bonds is 6. The first kappa shape index (κ1) is 16.4. The molecule has 0 aliphatic rings. The number of nitrogens with one attached hydrogen (secondary N) is 1. The summed E-state index contributed by atoms with van der Waals surface area (Å²) in [5.74, 6) is 0. The van der Waals surface area contributed by atoms with Crippen LogP contribution in [0.4, 0.5) is 11.4 Å². The maximum Gasteiger partial charge on any atom is 0.278 e. The van der Waals surface area contributed by atoms with Crippen molar-refractivity contribution in [3.05, 3.63) is 63.1 Å². The lowest BCUT2D eigenvalue weighted by molar-refractivity contribution is -0.383. The molecule has 24 heavy (non-hydrogen) atoms. The van der Waals surface area contributed by atoms with E-state index in [4.69, 9.17) is 0 Å². The van der Waals surface area contributed by atoms with Crippen molar-refractivity contribution in [1.29, 1.82) is 0 Å². The minimum atomic E-state index is -0.373. The number of nitro benzene ring substituents is 1. The predicted molar refractivity (Wildman–Crippen MR) is 97.6 cm³/mol. The fraction of sp³-hybridized carbons (Fsp3) is 0.235. The van der Waals surface area contributed by atoms with Crippen molar-refractivity contribution in [2.75, 3.05) is 26.0 Å². The highest BCUT2D eigenvalue weighted by Gasteiger charge is 2.17. The van der Waals surface area contributed by atoms with Gasteiger partial charge in [-0.3, -0.25) is 15.1 Å². The number of nitrogens with zero attached hydrogens (tertiary/aromatic N) is 3. The van der Waals surface area contributed by atoms with Gasteiger partial charge < -0.3 is 10.2 Å². The van der Waals surface area contributed by atoms with Crippen molar-refractivity contribution in [2.45, 2.75) is 6.04 Å². The molecule has 0 radical (unpaired) electrons. The van der Waals surface area contributed by atoms with Crippen molar-refractivity contribution < 1.29 is 4.92 Å². The molecule has 1 atom stereocenters. The van der Waals surface area contributed by atoms with Gasteiger partial charge in [-0.15, -0.1) is 11.3 Å². The van der Waals surface area contributed by atoms with Gasteiger partial charge in [0.15, 0.2) is 0 Å². The van der Waals surface area contributed by atoms with E-state index >= 15 is 0 Å². The lowest BCUT2D eigenvalue weighted by Crippen LogP contribution is -2.26. The van der Waals surface area contributed by atoms with Gasteiger partial charge in [0.1, 0.15) is 0 Å². The molecule has 124 valence electrons. The van der Waals surface area contributed by atoms with Crippen LogP contribution in [0.5, 0.6) is 0 Å². The molecule has 0 aliphatic heterocycles. The molecule has 0 amide bonds. The number of hydrogen-bond acceptors (Lipinski definition) is 6. The van der Waals surface area contributed by atoms with Crippen LogP contribution in [-0.4, -0.2) is 35.4 Å². The number of pyridine rings is 1. The predicted octanol–water partition coefficient (Wildman–Crippen LogP) is 3.92. The minimum Gasteiger partial charge on any atom is -0.383 e. The number of anilines is 1. The normalized spacial score (nSPS) is 12.5. The van der Waals surface area contributed by atoms with Crippen LogP contribution in [0.25, 0.3) is 10.8 Å². The summed E-state index contributed by atoms with van der Waals surface area (Å²) in [6.45, 7) is 0.711. The van der Waals surface area contributed by atoms with Crippen molar-refractivity contribution in [3.8, 4) is 0 Å². The molecular weight excluding hydrogens is 324 g/mol. The van der Waals surface area contributed by atoms with Gasteiger partial charge in [0, 0.05) is 41.0 Å². The quantitative estimate of drug-likeness (QED) is 0.543. The number of thiophene rings is 1. The molecule has 0 aliphatic carbocycles. The maximum atomic E-state index is 11.2. The summed E-state index contributed by atoms with van der Waals surface area (Å²) in [7, 11) is 4.09. The summed E-state index contributed by atoms with van der Waals surface area (Å²) in [6.07, 6.45) is 3.20. The van der Waals surface area contributed by atoms with Gasteiger partial charge in [0.05, 0.1) is 16.4 Å². The SMILES string of the molecule is CN(C)[C@H](CNc1ccc([N+](=O)[O-])c2cnccc12)c1cccs1. The molecule has 2 aromatic heterocycles. The summed E-state index contributed by atoms with van der Waals surface area (Å²) in [4.78, 5) is 18.3. The molecule has 0 saturated carbocycles. The monoisotopic (exact) mass is 342 g/mol. The molecule has 0 unspecified atom stereocenters. The third-order valence-electron chi connectivity index (χ3n) is 3.97. The highest BCUT2D eigenvalue weighted by molar-refractivity contribution is 7.10. The Bertz CT molecular complexity index is 849. The van der Waals surface area contributed by atoms with E-state index in [1.165, 1.54) is 10.9 Å². The summed E-state index contributed by atoms with van der Waals surface area (Å²) in [5, 5.41) is 18.1. The largest absolute Gasteiger partial charge is 0.383 e. The summed E-state index contributed by atoms with van der Waals surface area (Å²) in [5.41, 5.74) is 0.951. The number of benzene rings is 1. The Labute approximate surface area is 143 Å². The third-order valence-corrected chi connectivity index (χ3v) is 4.95. The van der Waals surface area contributed by atoms with Crippen LogP contribution < -0.4 is 5.32 Å². The second-order valence-electron chi connectivity index (χ2n) is 5.69. The van der Waals surface area contributed by atoms with Gasteiger partial charge in [-0.05, 0) is 37.7 Å². The maximum absolute atomic E-state index is 11.2. The van der Waals surface area contributed by atoms with E-state index in [1.807, 2.05) is 20.2 Å². The first-order valence-electron chi connectivity index (χ1n) is 7.52. The van der Waals surface area contributed by atoms with Crippen LogP contribution in [0.1, 0.15) is 10.9 Å². The first-order chi connectivity index (χ1) is 11.6. The number of nitro groups is 1. The zero-order chi connectivity index (χ0) is 17.1. The van der Waals surface area contributed by atoms with Gasteiger partial charge in [-0.1, -0.05) is 6.07 Å². The van der Waals surface area contributed by atoms with Crippen molar-refractivity contribution in [1.82, 2.24) is 9.88 Å². The molecule has 2 heterocycles. The van der Waals surface area contributed by atoms with Gasteiger partial charge in [0.2, 0.25) is 0 Å². The molecule has 7 heteroatoms. The molecule has 3 rings (SSSR count). The molecule has 1 N–H and O–H groups in total. The van der Waals surface area contributed by atoms with E-state index in [2.05, 4.69) is 26.6 Å². The fourth-order valence-electron chi connectivity index (χ4n) is 2.71. The standard InChI is InChI=1S/C17H18N4O2S/c1-20(2)16(17-4-3-9-24-17)11-19-14-5-6-15(21(22)23)13-10-18-8-7-12(13)14/h3-10,16,19H,11H2,1-2H3/t16-/m1/s1. The number of likely N-dealkylation sites (N-methyl/N-ethyl adjacent to an activating group) is 1. The molecule has 6 nitrogen and oxygen atoms in total. The van der Waals surface area contributed by atoms with E-state index in [1.54, 1.807) is 35.9 Å². The van der Waals surface area contributed by atoms with Gasteiger partial charge >= 0.3 is 0 Å². The second kappa shape index (κ2) is 6.94. The molecule has 3 aromatic rings. The average Bonchev–Trinajstić information content (AvgIpc) is 3.08. The van der Waals surface area contributed by atoms with E-state index in [9.17, 15) is 10.1 Å². The minimum absolute atomic E-state index is 0.0751. The number of hydrogen-bond donors (Lipinski definition) is 1. The van der Waals surface area contributed by atoms with Crippen LogP contribution in [0, 0.1) is 10.1 Å². The molecule has 0 spiro atoms. The van der Waals surface area contributed by atoms with Gasteiger partial charge in [0.25, 0.3) is 5.69 Å². The number of fused-ring (bicyclic) bond motifs is 1. The van der Waals surface area contributed by atoms with Crippen LogP contribution in [0.2, 0.25) is 0 Å². The first-order valence-corrected chi connectivity index (χ1v) is 8.40. The van der Waals surface area contributed by atoms with E-state index in [0.717, 1.165) is 11.1 Å². The topological polar surface area (TPSA) is 71.3 Å². The van der Waals surface area contributed by atoms with Crippen LogP contribution in [0.3, 0.4) is 0 Å². The lowest BCUT2D eigenvalue weighted by atomic mass is 10.1.